The normalized spacial score (nSPS) is 26.7. The van der Waals surface area contributed by atoms with Crippen molar-refractivity contribution < 1.29 is 53.4 Å². The summed E-state index contributed by atoms with van der Waals surface area (Å²) >= 11 is 0. The lowest BCUT2D eigenvalue weighted by Crippen LogP contribution is -2.50. The van der Waals surface area contributed by atoms with Gasteiger partial charge in [0.2, 0.25) is 5.91 Å². The largest absolute Gasteiger partial charge is 0.435 e. The SMILES string of the molecule is O=C([C@H]1CCCC(CO)C1)N1CCC2(S(=O)(=O)c3ccc(F)cc3)c3ccc(C(F)(C(F)(F)F)C(F)(F)F)cc3CC12. The molecule has 3 unspecified atom stereocenters. The molecule has 1 heterocycles. The van der Waals surface area contributed by atoms with E-state index in [1.807, 2.05) is 0 Å². The summed E-state index contributed by atoms with van der Waals surface area (Å²) in [5.41, 5.74) is -7.84. The van der Waals surface area contributed by atoms with Gasteiger partial charge in [-0.2, -0.15) is 26.3 Å². The zero-order valence-electron chi connectivity index (χ0n) is 22.0. The van der Waals surface area contributed by atoms with E-state index in [0.29, 0.717) is 37.8 Å². The second kappa shape index (κ2) is 10.2. The van der Waals surface area contributed by atoms with Crippen molar-refractivity contribution in [1.82, 2.24) is 4.90 Å². The van der Waals surface area contributed by atoms with E-state index in [9.17, 15) is 53.4 Å². The summed E-state index contributed by atoms with van der Waals surface area (Å²) in [6.07, 6.45) is -11.2. The predicted octanol–water partition coefficient (Wildman–Crippen LogP) is 5.74. The average molecular weight is 626 g/mol. The third kappa shape index (κ3) is 4.42. The van der Waals surface area contributed by atoms with Gasteiger partial charge >= 0.3 is 18.0 Å². The first-order chi connectivity index (χ1) is 19.5. The number of fused-ring (bicyclic) bond motifs is 3. The van der Waals surface area contributed by atoms with Crippen LogP contribution in [0.5, 0.6) is 0 Å². The van der Waals surface area contributed by atoms with Crippen LogP contribution in [-0.2, 0) is 31.5 Å². The maximum Gasteiger partial charge on any atom is 0.435 e. The number of benzene rings is 2. The minimum atomic E-state index is -6.36. The second-order valence-electron chi connectivity index (χ2n) is 11.3. The number of hydrogen-bond donors (Lipinski definition) is 1. The van der Waals surface area contributed by atoms with Crippen molar-refractivity contribution in [3.63, 3.8) is 0 Å². The van der Waals surface area contributed by atoms with Gasteiger partial charge in [0.15, 0.2) is 9.84 Å². The van der Waals surface area contributed by atoms with E-state index in [2.05, 4.69) is 0 Å². The first-order valence-corrected chi connectivity index (χ1v) is 14.8. The van der Waals surface area contributed by atoms with E-state index < -0.39 is 68.3 Å². The highest BCUT2D eigenvalue weighted by molar-refractivity contribution is 7.92. The maximum atomic E-state index is 15.0. The van der Waals surface area contributed by atoms with E-state index in [4.69, 9.17) is 0 Å². The van der Waals surface area contributed by atoms with E-state index >= 15 is 0 Å². The summed E-state index contributed by atoms with van der Waals surface area (Å²) in [7, 11) is -4.52. The molecule has 2 aromatic rings. The summed E-state index contributed by atoms with van der Waals surface area (Å²) in [4.78, 5) is 14.7. The van der Waals surface area contributed by atoms with Crippen molar-refractivity contribution in [2.75, 3.05) is 13.2 Å². The highest BCUT2D eigenvalue weighted by Crippen LogP contribution is 2.58. The topological polar surface area (TPSA) is 74.7 Å². The lowest BCUT2D eigenvalue weighted by atomic mass is 9.81. The van der Waals surface area contributed by atoms with Gasteiger partial charge in [-0.3, -0.25) is 4.79 Å². The number of sulfone groups is 1. The van der Waals surface area contributed by atoms with Crippen LogP contribution in [0.3, 0.4) is 0 Å². The molecule has 5 rings (SSSR count). The number of aliphatic hydroxyl groups excluding tert-OH is 1. The maximum absolute atomic E-state index is 15.0. The molecule has 1 saturated heterocycles. The summed E-state index contributed by atoms with van der Waals surface area (Å²) in [6, 6.07) is 4.04. The van der Waals surface area contributed by atoms with E-state index in [0.717, 1.165) is 30.3 Å². The molecule has 1 N–H and O–H groups in total. The summed E-state index contributed by atoms with van der Waals surface area (Å²) in [6.45, 7) is -0.211. The zero-order chi connectivity index (χ0) is 30.9. The van der Waals surface area contributed by atoms with Crippen LogP contribution in [0.2, 0.25) is 0 Å². The summed E-state index contributed by atoms with van der Waals surface area (Å²) in [5.74, 6) is -1.87. The van der Waals surface area contributed by atoms with Crippen molar-refractivity contribution in [3.05, 3.63) is 65.0 Å². The molecule has 4 atom stereocenters. The smallest absolute Gasteiger partial charge is 0.396 e. The van der Waals surface area contributed by atoms with Gasteiger partial charge < -0.3 is 10.0 Å². The molecule has 2 aromatic carbocycles. The van der Waals surface area contributed by atoms with Crippen LogP contribution in [-0.4, -0.2) is 55.9 Å². The zero-order valence-corrected chi connectivity index (χ0v) is 22.8. The van der Waals surface area contributed by atoms with Gasteiger partial charge in [-0.25, -0.2) is 17.2 Å². The minimum absolute atomic E-state index is 0.0659. The molecule has 1 aliphatic heterocycles. The fourth-order valence-electron chi connectivity index (χ4n) is 7.00. The van der Waals surface area contributed by atoms with Crippen LogP contribution in [0.1, 0.15) is 48.8 Å². The standard InChI is InChI=1S/C28H27F8NO4S/c29-20-5-7-21(8-6-20)42(40,41)25-10-11-37(24(39)17-3-1-2-16(12-17)15-38)23(25)14-18-13-19(4-9-22(18)25)26(30,27(31,32)33)28(34,35)36/h4-9,13,16-17,23,38H,1-3,10-12,14-15H2/t16?,17-,23?,25?/m0/s1. The van der Waals surface area contributed by atoms with Gasteiger partial charge in [0.25, 0.3) is 0 Å². The highest BCUT2D eigenvalue weighted by Gasteiger charge is 2.74. The van der Waals surface area contributed by atoms with Crippen LogP contribution >= 0.6 is 0 Å². The molecule has 0 bridgehead atoms. The number of alkyl halides is 7. The first kappa shape index (κ1) is 30.7. The summed E-state index contributed by atoms with van der Waals surface area (Å²) in [5, 5.41) is 9.60. The third-order valence-corrected chi connectivity index (χ3v) is 11.6. The van der Waals surface area contributed by atoms with Gasteiger partial charge in [-0.05, 0) is 73.4 Å². The number of likely N-dealkylation sites (tertiary alicyclic amines) is 1. The molecule has 0 spiro atoms. The van der Waals surface area contributed by atoms with Crippen LogP contribution in [0.4, 0.5) is 35.1 Å². The molecule has 230 valence electrons. The van der Waals surface area contributed by atoms with Crippen molar-refractivity contribution in [3.8, 4) is 0 Å². The van der Waals surface area contributed by atoms with E-state index in [1.165, 1.54) is 4.90 Å². The number of carbonyl (C=O) groups excluding carboxylic acids is 1. The quantitative estimate of drug-likeness (QED) is 0.340. The number of hydrogen-bond acceptors (Lipinski definition) is 4. The monoisotopic (exact) mass is 625 g/mol. The lowest BCUT2D eigenvalue weighted by Gasteiger charge is -2.36. The first-order valence-electron chi connectivity index (χ1n) is 13.4. The Hall–Kier alpha value is -2.74. The summed E-state index contributed by atoms with van der Waals surface area (Å²) < 4.78 is 136. The van der Waals surface area contributed by atoms with Crippen molar-refractivity contribution in [1.29, 1.82) is 0 Å². The van der Waals surface area contributed by atoms with Crippen LogP contribution in [0, 0.1) is 17.7 Å². The third-order valence-electron chi connectivity index (χ3n) is 9.07. The lowest BCUT2D eigenvalue weighted by molar-refractivity contribution is -0.348. The average Bonchev–Trinajstić information content (AvgIpc) is 3.46. The van der Waals surface area contributed by atoms with Crippen LogP contribution in [0.25, 0.3) is 0 Å². The van der Waals surface area contributed by atoms with Crippen molar-refractivity contribution in [2.45, 2.75) is 72.2 Å². The molecule has 0 aromatic heterocycles. The fraction of sp³-hybridized carbons (Fsp3) is 0.536. The number of aliphatic hydroxyl groups is 1. The Morgan fingerprint density at radius 3 is 2.21 bits per heavy atom. The molecule has 5 nitrogen and oxygen atoms in total. The molecule has 14 heteroatoms. The van der Waals surface area contributed by atoms with Gasteiger partial charge in [0.1, 0.15) is 10.6 Å². The van der Waals surface area contributed by atoms with Gasteiger partial charge in [0, 0.05) is 24.6 Å². The van der Waals surface area contributed by atoms with Gasteiger partial charge in [-0.1, -0.05) is 24.6 Å². The van der Waals surface area contributed by atoms with Gasteiger partial charge in [-0.15, -0.1) is 0 Å². The molecule has 2 aliphatic carbocycles. The van der Waals surface area contributed by atoms with Crippen LogP contribution < -0.4 is 0 Å². The number of amides is 1. The van der Waals surface area contributed by atoms with Crippen molar-refractivity contribution in [2.24, 2.45) is 11.8 Å². The Kier molecular flexibility index (Phi) is 7.44. The molecule has 3 aliphatic rings. The second-order valence-corrected chi connectivity index (χ2v) is 13.5. The Morgan fingerprint density at radius 2 is 1.62 bits per heavy atom. The van der Waals surface area contributed by atoms with E-state index in [1.54, 1.807) is 0 Å². The predicted molar refractivity (Wildman–Crippen MR) is 133 cm³/mol. The number of halogens is 8. The van der Waals surface area contributed by atoms with Gasteiger partial charge in [0.05, 0.1) is 10.9 Å². The molecule has 1 saturated carbocycles. The highest BCUT2D eigenvalue weighted by atomic mass is 32.2. The molecule has 0 radical (unpaired) electrons. The molecule has 1 amide bonds. The Labute approximate surface area is 236 Å². The van der Waals surface area contributed by atoms with Crippen LogP contribution in [0.15, 0.2) is 47.4 Å². The molecular formula is C28H27F8NO4S. The minimum Gasteiger partial charge on any atom is -0.396 e. The van der Waals surface area contributed by atoms with E-state index in [-0.39, 0.29) is 41.5 Å². The molecular weight excluding hydrogens is 598 g/mol. The Bertz CT molecular complexity index is 1460. The van der Waals surface area contributed by atoms with Crippen molar-refractivity contribution >= 4 is 15.7 Å². The molecule has 2 fully saturated rings. The Morgan fingerprint density at radius 1 is 0.976 bits per heavy atom. The Balaban J connectivity index is 1.65. The number of nitrogens with zero attached hydrogens (tertiary/aromatic N) is 1. The fourth-order valence-corrected chi connectivity index (χ4v) is 9.33. The number of carbonyl (C=O) groups is 1. The molecule has 42 heavy (non-hydrogen) atoms. The number of rotatable bonds is 5.